The number of carbonyl (C=O) groups excluding carboxylic acids is 1. The first-order valence-corrected chi connectivity index (χ1v) is 15.2. The molecular weight excluding hydrogens is 624 g/mol. The number of para-hydroxylation sites is 2. The highest BCUT2D eigenvalue weighted by Gasteiger charge is 2.32. The largest absolute Gasteiger partial charge is 0.325 e. The highest BCUT2D eigenvalue weighted by atomic mass is 79.9. The minimum absolute atomic E-state index is 0.0680. The number of nitro benzene ring substituents is 1. The number of sulfonamides is 2. The minimum atomic E-state index is -4.38. The summed E-state index contributed by atoms with van der Waals surface area (Å²) in [4.78, 5) is 23.7. The Morgan fingerprint density at radius 2 is 1.35 bits per heavy atom. The van der Waals surface area contributed by atoms with Crippen molar-refractivity contribution in [3.05, 3.63) is 118 Å². The Balaban J connectivity index is 1.57. The normalized spacial score (nSPS) is 11.4. The monoisotopic (exact) mass is 644 g/mol. The molecule has 14 heteroatoms. The number of benzene rings is 4. The summed E-state index contributed by atoms with van der Waals surface area (Å²) in [5.74, 6) is -0.804. The zero-order chi connectivity index (χ0) is 28.9. The van der Waals surface area contributed by atoms with E-state index in [-0.39, 0.29) is 21.2 Å². The van der Waals surface area contributed by atoms with Gasteiger partial charge >= 0.3 is 0 Å². The van der Waals surface area contributed by atoms with Crippen molar-refractivity contribution < 1.29 is 26.6 Å². The molecule has 0 spiro atoms. The number of carbonyl (C=O) groups is 1. The number of hydrogen-bond acceptors (Lipinski definition) is 7. The maximum atomic E-state index is 13.5. The number of nitrogens with one attached hydrogen (secondary N) is 2. The number of nitrogens with zero attached hydrogens (tertiary/aromatic N) is 2. The van der Waals surface area contributed by atoms with Gasteiger partial charge in [-0.3, -0.25) is 19.6 Å². The molecule has 4 aromatic rings. The molecule has 40 heavy (non-hydrogen) atoms. The van der Waals surface area contributed by atoms with E-state index >= 15 is 0 Å². The second-order valence-electron chi connectivity index (χ2n) is 8.26. The van der Waals surface area contributed by atoms with Crippen LogP contribution in [0.25, 0.3) is 0 Å². The number of hydrogen-bond donors (Lipinski definition) is 2. The molecule has 0 aliphatic heterocycles. The average Bonchev–Trinajstić information content (AvgIpc) is 2.93. The Morgan fingerprint density at radius 1 is 0.775 bits per heavy atom. The third kappa shape index (κ3) is 6.65. The summed E-state index contributed by atoms with van der Waals surface area (Å²) in [7, 11) is -8.30. The zero-order valence-corrected chi connectivity index (χ0v) is 23.7. The van der Waals surface area contributed by atoms with Crippen LogP contribution in [-0.2, 0) is 24.8 Å². The van der Waals surface area contributed by atoms with E-state index in [4.69, 9.17) is 0 Å². The van der Waals surface area contributed by atoms with Crippen LogP contribution in [0.15, 0.2) is 117 Å². The van der Waals surface area contributed by atoms with E-state index in [0.29, 0.717) is 9.99 Å². The third-order valence-corrected chi connectivity index (χ3v) is 9.21. The molecule has 0 atom stereocenters. The first-order chi connectivity index (χ1) is 19.0. The molecule has 0 aromatic heterocycles. The van der Waals surface area contributed by atoms with Crippen molar-refractivity contribution in [1.82, 2.24) is 0 Å². The van der Waals surface area contributed by atoms with Gasteiger partial charge in [0.15, 0.2) is 0 Å². The van der Waals surface area contributed by atoms with Crippen LogP contribution >= 0.6 is 15.9 Å². The molecule has 0 fully saturated rings. The van der Waals surface area contributed by atoms with E-state index in [9.17, 15) is 31.7 Å². The van der Waals surface area contributed by atoms with Crippen molar-refractivity contribution in [2.75, 3.05) is 20.9 Å². The van der Waals surface area contributed by atoms with Crippen LogP contribution in [0.4, 0.5) is 22.7 Å². The second kappa shape index (κ2) is 11.9. The van der Waals surface area contributed by atoms with Crippen LogP contribution in [0.2, 0.25) is 0 Å². The van der Waals surface area contributed by atoms with Crippen LogP contribution in [0.1, 0.15) is 0 Å². The number of rotatable bonds is 10. The highest BCUT2D eigenvalue weighted by Crippen LogP contribution is 2.32. The molecule has 0 saturated carbocycles. The van der Waals surface area contributed by atoms with E-state index in [0.717, 1.165) is 10.5 Å². The van der Waals surface area contributed by atoms with Crippen LogP contribution in [-0.4, -0.2) is 34.2 Å². The molecule has 4 aromatic carbocycles. The molecule has 0 aliphatic rings. The molecule has 0 aliphatic carbocycles. The topological polar surface area (TPSA) is 156 Å². The van der Waals surface area contributed by atoms with Gasteiger partial charge in [0, 0.05) is 21.9 Å². The summed E-state index contributed by atoms with van der Waals surface area (Å²) in [6.07, 6.45) is 0. The average molecular weight is 646 g/mol. The van der Waals surface area contributed by atoms with Gasteiger partial charge in [-0.1, -0.05) is 46.3 Å². The summed E-state index contributed by atoms with van der Waals surface area (Å²) < 4.78 is 56.3. The van der Waals surface area contributed by atoms with E-state index in [1.165, 1.54) is 66.7 Å². The summed E-state index contributed by atoms with van der Waals surface area (Å²) in [5.41, 5.74) is -0.239. The Hall–Kier alpha value is -4.27. The van der Waals surface area contributed by atoms with E-state index in [1.54, 1.807) is 30.3 Å². The summed E-state index contributed by atoms with van der Waals surface area (Å²) in [5, 5.41) is 14.2. The van der Waals surface area contributed by atoms with Gasteiger partial charge in [-0.15, -0.1) is 0 Å². The van der Waals surface area contributed by atoms with E-state index < -0.39 is 43.1 Å². The van der Waals surface area contributed by atoms with E-state index in [1.807, 2.05) is 0 Å². The predicted molar refractivity (Wildman–Crippen MR) is 154 cm³/mol. The molecule has 0 bridgehead atoms. The molecule has 11 nitrogen and oxygen atoms in total. The number of amides is 1. The van der Waals surface area contributed by atoms with Gasteiger partial charge in [-0.05, 0) is 66.7 Å². The maximum Gasteiger partial charge on any atom is 0.293 e. The van der Waals surface area contributed by atoms with Crippen molar-refractivity contribution in [2.45, 2.75) is 9.79 Å². The van der Waals surface area contributed by atoms with Gasteiger partial charge in [0.2, 0.25) is 5.91 Å². The summed E-state index contributed by atoms with van der Waals surface area (Å²) in [6.45, 7) is -0.784. The second-order valence-corrected chi connectivity index (χ2v) is 12.7. The molecule has 1 amide bonds. The van der Waals surface area contributed by atoms with Gasteiger partial charge in [0.25, 0.3) is 25.7 Å². The first-order valence-electron chi connectivity index (χ1n) is 11.5. The Bertz CT molecular complexity index is 1750. The van der Waals surface area contributed by atoms with Crippen molar-refractivity contribution in [2.24, 2.45) is 0 Å². The maximum absolute atomic E-state index is 13.5. The quantitative estimate of drug-likeness (QED) is 0.182. The summed E-state index contributed by atoms with van der Waals surface area (Å²) >= 11 is 3.28. The third-order valence-electron chi connectivity index (χ3n) is 5.51. The van der Waals surface area contributed by atoms with Gasteiger partial charge in [-0.25, -0.2) is 21.1 Å². The highest BCUT2D eigenvalue weighted by molar-refractivity contribution is 9.10. The Kier molecular flexibility index (Phi) is 8.52. The van der Waals surface area contributed by atoms with Crippen LogP contribution in [0, 0.1) is 10.1 Å². The molecule has 0 radical (unpaired) electrons. The SMILES string of the molecule is O=C(CN(c1ccccc1[N+](=O)[O-])S(=O)(=O)c1ccccc1)Nc1ccc(S(=O)(=O)Nc2ccc(Br)cc2)cc1. The van der Waals surface area contributed by atoms with Gasteiger partial charge in [-0.2, -0.15) is 0 Å². The Labute approximate surface area is 238 Å². The lowest BCUT2D eigenvalue weighted by atomic mass is 10.2. The molecule has 0 saturated heterocycles. The van der Waals surface area contributed by atoms with Crippen LogP contribution in [0.3, 0.4) is 0 Å². The van der Waals surface area contributed by atoms with E-state index in [2.05, 4.69) is 26.0 Å². The lowest BCUT2D eigenvalue weighted by molar-refractivity contribution is -0.384. The van der Waals surface area contributed by atoms with Gasteiger partial charge < -0.3 is 5.32 Å². The van der Waals surface area contributed by atoms with Crippen LogP contribution in [0.5, 0.6) is 0 Å². The standard InChI is InChI=1S/C26H21BrN4O7S2/c27-19-10-12-21(13-11-19)29-39(35,36)22-16-14-20(15-17-22)28-26(32)18-30(24-8-4-5-9-25(24)31(33)34)40(37,38)23-6-2-1-3-7-23/h1-17,29H,18H2,(H,28,32). The number of anilines is 3. The number of nitro groups is 1. The van der Waals surface area contributed by atoms with Crippen molar-refractivity contribution >= 4 is 64.6 Å². The fourth-order valence-corrected chi connectivity index (χ4v) is 6.41. The molecule has 0 unspecified atom stereocenters. The fourth-order valence-electron chi connectivity index (χ4n) is 3.63. The number of halogens is 1. The lowest BCUT2D eigenvalue weighted by Gasteiger charge is -2.23. The molecular formula is C26H21BrN4O7S2. The molecule has 4 rings (SSSR count). The van der Waals surface area contributed by atoms with Crippen molar-refractivity contribution in [3.63, 3.8) is 0 Å². The fraction of sp³-hybridized carbons (Fsp3) is 0.0385. The van der Waals surface area contributed by atoms with Crippen molar-refractivity contribution in [1.29, 1.82) is 0 Å². The molecule has 0 heterocycles. The molecule has 2 N–H and O–H groups in total. The van der Waals surface area contributed by atoms with Gasteiger partial charge in [0.05, 0.1) is 14.7 Å². The minimum Gasteiger partial charge on any atom is -0.325 e. The predicted octanol–water partition coefficient (Wildman–Crippen LogP) is 4.99. The Morgan fingerprint density at radius 3 is 1.98 bits per heavy atom. The molecule has 206 valence electrons. The van der Waals surface area contributed by atoms with Gasteiger partial charge in [0.1, 0.15) is 12.2 Å². The zero-order valence-electron chi connectivity index (χ0n) is 20.5. The smallest absolute Gasteiger partial charge is 0.293 e. The van der Waals surface area contributed by atoms with Crippen molar-refractivity contribution in [3.8, 4) is 0 Å². The first kappa shape index (κ1) is 28.7. The van der Waals surface area contributed by atoms with Crippen LogP contribution < -0.4 is 14.3 Å². The summed E-state index contributed by atoms with van der Waals surface area (Å²) in [6, 6.07) is 24.2. The lowest BCUT2D eigenvalue weighted by Crippen LogP contribution is -2.38.